The summed E-state index contributed by atoms with van der Waals surface area (Å²) in [4.78, 5) is 16.5. The maximum absolute atomic E-state index is 13.1. The van der Waals surface area contributed by atoms with Crippen LogP contribution in [0, 0.1) is 0 Å². The second-order valence-electron chi connectivity index (χ2n) is 9.62. The molecule has 0 saturated heterocycles. The molecule has 0 unspecified atom stereocenters. The zero-order chi connectivity index (χ0) is 22.7. The van der Waals surface area contributed by atoms with E-state index in [1.165, 1.54) is 10.9 Å². The number of carbonyl (C=O) groups excluding carboxylic acids is 1. The third kappa shape index (κ3) is 4.77. The van der Waals surface area contributed by atoms with Gasteiger partial charge in [0, 0.05) is 29.4 Å². The van der Waals surface area contributed by atoms with E-state index < -0.39 is 0 Å². The minimum Gasteiger partial charge on any atom is -0.361 e. The first-order chi connectivity index (χ1) is 15.3. The van der Waals surface area contributed by atoms with Crippen molar-refractivity contribution in [2.24, 2.45) is 0 Å². The van der Waals surface area contributed by atoms with Gasteiger partial charge in [-0.1, -0.05) is 93.6 Å². The van der Waals surface area contributed by atoms with Gasteiger partial charge >= 0.3 is 0 Å². The van der Waals surface area contributed by atoms with Crippen molar-refractivity contribution in [3.05, 3.63) is 107 Å². The molecule has 3 nitrogen and oxygen atoms in total. The highest BCUT2D eigenvalue weighted by molar-refractivity contribution is 5.86. The molecule has 1 aromatic heterocycles. The Morgan fingerprint density at radius 2 is 1.53 bits per heavy atom. The number of H-pyrrole nitrogens is 1. The van der Waals surface area contributed by atoms with Crippen LogP contribution in [0.15, 0.2) is 85.1 Å². The minimum atomic E-state index is -0.0319. The van der Waals surface area contributed by atoms with E-state index in [9.17, 15) is 4.79 Å². The number of para-hydroxylation sites is 1. The Morgan fingerprint density at radius 3 is 2.22 bits per heavy atom. The van der Waals surface area contributed by atoms with Gasteiger partial charge in [0.2, 0.25) is 5.91 Å². The highest BCUT2D eigenvalue weighted by atomic mass is 16.1. The first kappa shape index (κ1) is 21.9. The van der Waals surface area contributed by atoms with Crippen LogP contribution in [0.25, 0.3) is 10.9 Å². The zero-order valence-corrected chi connectivity index (χ0v) is 19.4. The fourth-order valence-electron chi connectivity index (χ4n) is 4.32. The van der Waals surface area contributed by atoms with E-state index in [1.807, 2.05) is 43.3 Å². The van der Waals surface area contributed by atoms with E-state index in [0.717, 1.165) is 22.2 Å². The molecule has 0 fully saturated rings. The van der Waals surface area contributed by atoms with E-state index >= 15 is 0 Å². The normalized spacial score (nSPS) is 13.6. The molecule has 0 spiro atoms. The number of fused-ring (bicyclic) bond motifs is 1. The van der Waals surface area contributed by atoms with Crippen LogP contribution in [0.5, 0.6) is 0 Å². The molecule has 0 bridgehead atoms. The summed E-state index contributed by atoms with van der Waals surface area (Å²) in [5.41, 5.74) is 5.91. The Balaban J connectivity index is 1.64. The van der Waals surface area contributed by atoms with Crippen molar-refractivity contribution in [1.29, 1.82) is 0 Å². The lowest BCUT2D eigenvalue weighted by atomic mass is 9.83. The first-order valence-electron chi connectivity index (χ1n) is 11.3. The number of hydrogen-bond acceptors (Lipinski definition) is 1. The van der Waals surface area contributed by atoms with Crippen molar-refractivity contribution in [1.82, 2.24) is 10.3 Å². The molecule has 1 amide bonds. The van der Waals surface area contributed by atoms with E-state index in [0.29, 0.717) is 6.42 Å². The fourth-order valence-corrected chi connectivity index (χ4v) is 4.32. The van der Waals surface area contributed by atoms with Crippen LogP contribution in [-0.2, 0) is 10.2 Å². The molecule has 0 aliphatic carbocycles. The van der Waals surface area contributed by atoms with Gasteiger partial charge in [-0.3, -0.25) is 4.79 Å². The lowest BCUT2D eigenvalue weighted by Gasteiger charge is -2.22. The number of aromatic amines is 1. The molecular weight excluding hydrogens is 392 g/mol. The Bertz CT molecular complexity index is 1180. The van der Waals surface area contributed by atoms with Crippen LogP contribution in [-0.4, -0.2) is 10.9 Å². The minimum absolute atomic E-state index is 0.0249. The molecule has 32 heavy (non-hydrogen) atoms. The van der Waals surface area contributed by atoms with Crippen molar-refractivity contribution in [3.8, 4) is 0 Å². The van der Waals surface area contributed by atoms with E-state index in [4.69, 9.17) is 0 Å². The summed E-state index contributed by atoms with van der Waals surface area (Å²) in [6.07, 6.45) is 2.45. The highest BCUT2D eigenvalue weighted by Crippen LogP contribution is 2.35. The Kier molecular flexibility index (Phi) is 6.18. The average Bonchev–Trinajstić information content (AvgIpc) is 3.21. The Morgan fingerprint density at radius 1 is 0.875 bits per heavy atom. The zero-order valence-electron chi connectivity index (χ0n) is 19.4. The van der Waals surface area contributed by atoms with E-state index in [1.54, 1.807) is 0 Å². The molecule has 2 atom stereocenters. The Labute approximate surface area is 190 Å². The number of rotatable bonds is 6. The van der Waals surface area contributed by atoms with Crippen molar-refractivity contribution < 1.29 is 4.79 Å². The molecule has 0 saturated carbocycles. The number of aromatic nitrogens is 1. The summed E-state index contributed by atoms with van der Waals surface area (Å²) in [5.74, 6) is 0.0275. The van der Waals surface area contributed by atoms with Crippen LogP contribution in [0.1, 0.15) is 68.3 Å². The maximum Gasteiger partial charge on any atom is 0.221 e. The van der Waals surface area contributed by atoms with Gasteiger partial charge < -0.3 is 10.3 Å². The quantitative estimate of drug-likeness (QED) is 0.349. The molecule has 3 heteroatoms. The number of amides is 1. The number of benzene rings is 3. The lowest BCUT2D eigenvalue weighted by molar-refractivity contribution is -0.121. The topological polar surface area (TPSA) is 44.9 Å². The largest absolute Gasteiger partial charge is 0.361 e. The van der Waals surface area contributed by atoms with Gasteiger partial charge in [-0.2, -0.15) is 0 Å². The van der Waals surface area contributed by atoms with Gasteiger partial charge in [0.1, 0.15) is 0 Å². The third-order valence-electron chi connectivity index (χ3n) is 6.24. The number of nitrogens with one attached hydrogen (secondary N) is 2. The summed E-state index contributed by atoms with van der Waals surface area (Å²) < 4.78 is 0. The highest BCUT2D eigenvalue weighted by Gasteiger charge is 2.23. The van der Waals surface area contributed by atoms with Crippen LogP contribution in [0.4, 0.5) is 0 Å². The van der Waals surface area contributed by atoms with Crippen molar-refractivity contribution >= 4 is 16.8 Å². The van der Waals surface area contributed by atoms with Gasteiger partial charge in [-0.25, -0.2) is 0 Å². The van der Waals surface area contributed by atoms with E-state index in [-0.39, 0.29) is 23.3 Å². The molecule has 3 aromatic carbocycles. The van der Waals surface area contributed by atoms with Gasteiger partial charge in [-0.15, -0.1) is 0 Å². The molecular formula is C29H32N2O. The SMILES string of the molecule is C[C@@H](NC(=O)C[C@H](c1ccc(C(C)(C)C)cc1)c1c[nH]c2ccccc12)c1ccccc1. The second-order valence-corrected chi connectivity index (χ2v) is 9.62. The summed E-state index contributed by atoms with van der Waals surface area (Å²) >= 11 is 0. The van der Waals surface area contributed by atoms with Crippen LogP contribution in [0.3, 0.4) is 0 Å². The number of hydrogen-bond donors (Lipinski definition) is 2. The summed E-state index contributed by atoms with van der Waals surface area (Å²) in [7, 11) is 0. The predicted molar refractivity (Wildman–Crippen MR) is 133 cm³/mol. The molecule has 0 aliphatic heterocycles. The van der Waals surface area contributed by atoms with Gasteiger partial charge in [0.25, 0.3) is 0 Å². The molecule has 1 heterocycles. The van der Waals surface area contributed by atoms with Crippen molar-refractivity contribution in [3.63, 3.8) is 0 Å². The van der Waals surface area contributed by atoms with Crippen molar-refractivity contribution in [2.75, 3.05) is 0 Å². The molecule has 164 valence electrons. The number of carbonyl (C=O) groups is 1. The monoisotopic (exact) mass is 424 g/mol. The maximum atomic E-state index is 13.1. The van der Waals surface area contributed by atoms with Crippen LogP contribution in [0.2, 0.25) is 0 Å². The Hall–Kier alpha value is -3.33. The molecule has 0 aliphatic rings. The van der Waals surface area contributed by atoms with Crippen LogP contribution >= 0.6 is 0 Å². The third-order valence-corrected chi connectivity index (χ3v) is 6.24. The fraction of sp³-hybridized carbons (Fsp3) is 0.276. The standard InChI is InChI=1S/C29H32N2O/c1-20(21-10-6-5-7-11-21)31-28(32)18-25(22-14-16-23(17-15-22)29(2,3)4)26-19-30-27-13-9-8-12-24(26)27/h5-17,19-20,25,30H,18H2,1-4H3,(H,31,32)/t20-,25-/m1/s1. The summed E-state index contributed by atoms with van der Waals surface area (Å²) in [6, 6.07) is 27.1. The molecule has 2 N–H and O–H groups in total. The second kappa shape index (κ2) is 9.04. The van der Waals surface area contributed by atoms with Gasteiger partial charge in [-0.05, 0) is 40.7 Å². The van der Waals surface area contributed by atoms with Crippen LogP contribution < -0.4 is 5.32 Å². The van der Waals surface area contributed by atoms with Gasteiger partial charge in [0.15, 0.2) is 0 Å². The summed E-state index contributed by atoms with van der Waals surface area (Å²) in [6.45, 7) is 8.69. The molecule has 4 rings (SSSR count). The first-order valence-corrected chi connectivity index (χ1v) is 11.3. The molecule has 4 aromatic rings. The average molecular weight is 425 g/mol. The summed E-state index contributed by atoms with van der Waals surface area (Å²) in [5, 5.41) is 4.36. The van der Waals surface area contributed by atoms with Gasteiger partial charge in [0.05, 0.1) is 6.04 Å². The van der Waals surface area contributed by atoms with Crippen molar-refractivity contribution in [2.45, 2.75) is 51.5 Å². The van der Waals surface area contributed by atoms with E-state index in [2.05, 4.69) is 79.7 Å². The smallest absolute Gasteiger partial charge is 0.221 e. The lowest BCUT2D eigenvalue weighted by Crippen LogP contribution is -2.28. The predicted octanol–water partition coefficient (Wildman–Crippen LogP) is 6.86. The molecule has 0 radical (unpaired) electrons.